The Morgan fingerprint density at radius 2 is 2.38 bits per heavy atom. The number of aromatic amines is 1. The predicted molar refractivity (Wildman–Crippen MR) is 59.8 cm³/mol. The van der Waals surface area contributed by atoms with Crippen molar-refractivity contribution in [3.8, 4) is 0 Å². The molecule has 4 N–H and O–H groups in total. The lowest BCUT2D eigenvalue weighted by molar-refractivity contribution is -0.131. The molecule has 0 saturated heterocycles. The normalized spacial score (nSPS) is 13.3. The molecule has 0 aliphatic carbocycles. The number of hydrogen-bond donors (Lipinski definition) is 3. The zero-order chi connectivity index (χ0) is 11.5. The zero-order valence-electron chi connectivity index (χ0n) is 8.42. The van der Waals surface area contributed by atoms with Crippen molar-refractivity contribution in [1.29, 1.82) is 0 Å². The second kappa shape index (κ2) is 4.16. The van der Waals surface area contributed by atoms with Gasteiger partial charge >= 0.3 is 5.97 Å². The summed E-state index contributed by atoms with van der Waals surface area (Å²) in [7, 11) is 0. The molecule has 0 amide bonds. The van der Waals surface area contributed by atoms with Crippen LogP contribution in [0.15, 0.2) is 36.7 Å². The average molecular weight is 217 g/mol. The third-order valence-corrected chi connectivity index (χ3v) is 2.28. The summed E-state index contributed by atoms with van der Waals surface area (Å²) in [5, 5.41) is 8.49. The van der Waals surface area contributed by atoms with E-state index in [1.807, 2.05) is 18.2 Å². The molecular formula is C11H11N3O2. The molecule has 5 nitrogen and oxygen atoms in total. The molecule has 2 aromatic rings. The summed E-state index contributed by atoms with van der Waals surface area (Å²) >= 11 is 0. The van der Waals surface area contributed by atoms with Gasteiger partial charge in [-0.3, -0.25) is 0 Å². The number of hydrogen-bond acceptors (Lipinski definition) is 3. The van der Waals surface area contributed by atoms with Crippen molar-refractivity contribution >= 4 is 17.0 Å². The van der Waals surface area contributed by atoms with E-state index in [1.165, 1.54) is 6.08 Å². The van der Waals surface area contributed by atoms with Crippen molar-refractivity contribution in [3.05, 3.63) is 42.2 Å². The van der Waals surface area contributed by atoms with E-state index in [9.17, 15) is 4.79 Å². The molecule has 1 aromatic carbocycles. The first-order valence-corrected chi connectivity index (χ1v) is 4.76. The topological polar surface area (TPSA) is 92.0 Å². The van der Waals surface area contributed by atoms with Crippen LogP contribution in [-0.2, 0) is 4.79 Å². The summed E-state index contributed by atoms with van der Waals surface area (Å²) in [6, 6.07) is 5.11. The lowest BCUT2D eigenvalue weighted by atomic mass is 10.1. The SMILES string of the molecule is NC(/C=C/C(=O)O)c1ccc2nc[nH]c2c1. The summed E-state index contributed by atoms with van der Waals surface area (Å²) < 4.78 is 0. The zero-order valence-corrected chi connectivity index (χ0v) is 8.42. The molecular weight excluding hydrogens is 206 g/mol. The van der Waals surface area contributed by atoms with Crippen molar-refractivity contribution in [3.63, 3.8) is 0 Å². The van der Waals surface area contributed by atoms with Crippen LogP contribution in [-0.4, -0.2) is 21.0 Å². The molecule has 1 aromatic heterocycles. The van der Waals surface area contributed by atoms with Crippen LogP contribution >= 0.6 is 0 Å². The van der Waals surface area contributed by atoms with E-state index in [0.717, 1.165) is 22.7 Å². The van der Waals surface area contributed by atoms with E-state index in [4.69, 9.17) is 10.8 Å². The standard InChI is InChI=1S/C11H11N3O2/c12-8(2-4-11(15)16)7-1-3-9-10(5-7)14-6-13-9/h1-6,8H,12H2,(H,13,14)(H,15,16)/b4-2+. The Morgan fingerprint density at radius 1 is 1.56 bits per heavy atom. The molecule has 16 heavy (non-hydrogen) atoms. The van der Waals surface area contributed by atoms with Crippen molar-refractivity contribution in [2.45, 2.75) is 6.04 Å². The Morgan fingerprint density at radius 3 is 3.12 bits per heavy atom. The second-order valence-electron chi connectivity index (χ2n) is 3.40. The smallest absolute Gasteiger partial charge is 0.328 e. The van der Waals surface area contributed by atoms with E-state index >= 15 is 0 Å². The largest absolute Gasteiger partial charge is 0.478 e. The lowest BCUT2D eigenvalue weighted by Gasteiger charge is -2.05. The number of carboxylic acids is 1. The number of benzene rings is 1. The molecule has 0 aliphatic rings. The molecule has 0 aliphatic heterocycles. The van der Waals surface area contributed by atoms with Gasteiger partial charge in [-0.15, -0.1) is 0 Å². The maximum atomic E-state index is 10.3. The minimum atomic E-state index is -1.00. The number of aromatic nitrogens is 2. The van der Waals surface area contributed by atoms with Gasteiger partial charge in [-0.1, -0.05) is 12.1 Å². The number of aliphatic carboxylic acids is 1. The highest BCUT2D eigenvalue weighted by molar-refractivity contribution is 5.80. The molecule has 0 radical (unpaired) electrons. The first-order valence-electron chi connectivity index (χ1n) is 4.76. The lowest BCUT2D eigenvalue weighted by Crippen LogP contribution is -2.07. The highest BCUT2D eigenvalue weighted by Crippen LogP contribution is 2.17. The van der Waals surface area contributed by atoms with Gasteiger partial charge in [0.1, 0.15) is 0 Å². The van der Waals surface area contributed by atoms with Crippen LogP contribution < -0.4 is 5.73 Å². The van der Waals surface area contributed by atoms with Gasteiger partial charge in [0.25, 0.3) is 0 Å². The highest BCUT2D eigenvalue weighted by atomic mass is 16.4. The van der Waals surface area contributed by atoms with Crippen LogP contribution in [0.2, 0.25) is 0 Å². The molecule has 82 valence electrons. The number of nitrogens with two attached hydrogens (primary N) is 1. The van der Waals surface area contributed by atoms with E-state index in [2.05, 4.69) is 9.97 Å². The average Bonchev–Trinajstić information content (AvgIpc) is 2.72. The van der Waals surface area contributed by atoms with Gasteiger partial charge in [-0.25, -0.2) is 9.78 Å². The van der Waals surface area contributed by atoms with Gasteiger partial charge in [-0.05, 0) is 17.7 Å². The summed E-state index contributed by atoms with van der Waals surface area (Å²) in [5.41, 5.74) is 8.41. The number of nitrogens with one attached hydrogen (secondary N) is 1. The van der Waals surface area contributed by atoms with Gasteiger partial charge < -0.3 is 15.8 Å². The van der Waals surface area contributed by atoms with E-state index in [1.54, 1.807) is 6.33 Å². The molecule has 1 unspecified atom stereocenters. The quantitative estimate of drug-likeness (QED) is 0.673. The molecule has 0 fully saturated rings. The Bertz CT molecular complexity index is 545. The Kier molecular flexibility index (Phi) is 2.70. The van der Waals surface area contributed by atoms with E-state index < -0.39 is 12.0 Å². The Hall–Kier alpha value is -2.14. The van der Waals surface area contributed by atoms with Gasteiger partial charge in [0.2, 0.25) is 0 Å². The second-order valence-corrected chi connectivity index (χ2v) is 3.40. The van der Waals surface area contributed by atoms with Crippen LogP contribution in [0.3, 0.4) is 0 Å². The summed E-state index contributed by atoms with van der Waals surface area (Å²) in [6.45, 7) is 0. The van der Waals surface area contributed by atoms with Crippen LogP contribution in [0.4, 0.5) is 0 Å². The van der Waals surface area contributed by atoms with Gasteiger partial charge in [0.15, 0.2) is 0 Å². The maximum absolute atomic E-state index is 10.3. The van der Waals surface area contributed by atoms with Crippen LogP contribution in [0.1, 0.15) is 11.6 Å². The molecule has 0 spiro atoms. The molecule has 1 atom stereocenters. The van der Waals surface area contributed by atoms with E-state index in [0.29, 0.717) is 0 Å². The van der Waals surface area contributed by atoms with E-state index in [-0.39, 0.29) is 0 Å². The number of nitrogens with zero attached hydrogens (tertiary/aromatic N) is 1. The summed E-state index contributed by atoms with van der Waals surface area (Å²) in [4.78, 5) is 17.4. The van der Waals surface area contributed by atoms with Crippen LogP contribution in [0.25, 0.3) is 11.0 Å². The first kappa shape index (κ1) is 10.4. The Labute approximate surface area is 91.6 Å². The number of H-pyrrole nitrogens is 1. The number of carboxylic acid groups (broad SMARTS) is 1. The fourth-order valence-corrected chi connectivity index (χ4v) is 1.46. The summed E-state index contributed by atoms with van der Waals surface area (Å²) in [5.74, 6) is -1.00. The number of carbonyl (C=O) groups is 1. The summed E-state index contributed by atoms with van der Waals surface area (Å²) in [6.07, 6.45) is 4.09. The molecule has 1 heterocycles. The highest BCUT2D eigenvalue weighted by Gasteiger charge is 2.04. The van der Waals surface area contributed by atoms with Gasteiger partial charge in [0.05, 0.1) is 17.4 Å². The molecule has 0 bridgehead atoms. The monoisotopic (exact) mass is 217 g/mol. The van der Waals surface area contributed by atoms with Gasteiger partial charge in [0, 0.05) is 12.1 Å². The minimum absolute atomic E-state index is 0.427. The fourth-order valence-electron chi connectivity index (χ4n) is 1.46. The molecule has 5 heteroatoms. The Balaban J connectivity index is 2.28. The van der Waals surface area contributed by atoms with Crippen molar-refractivity contribution in [2.24, 2.45) is 5.73 Å². The predicted octanol–water partition coefficient (Wildman–Crippen LogP) is 1.20. The van der Waals surface area contributed by atoms with Crippen molar-refractivity contribution in [1.82, 2.24) is 9.97 Å². The number of fused-ring (bicyclic) bond motifs is 1. The maximum Gasteiger partial charge on any atom is 0.328 e. The minimum Gasteiger partial charge on any atom is -0.478 e. The molecule has 2 rings (SSSR count). The third-order valence-electron chi connectivity index (χ3n) is 2.28. The number of rotatable bonds is 3. The first-order chi connectivity index (χ1) is 7.66. The van der Waals surface area contributed by atoms with Crippen molar-refractivity contribution < 1.29 is 9.90 Å². The van der Waals surface area contributed by atoms with Crippen LogP contribution in [0, 0.1) is 0 Å². The van der Waals surface area contributed by atoms with Crippen molar-refractivity contribution in [2.75, 3.05) is 0 Å². The number of imidazole rings is 1. The van der Waals surface area contributed by atoms with Gasteiger partial charge in [-0.2, -0.15) is 0 Å². The van der Waals surface area contributed by atoms with Crippen LogP contribution in [0.5, 0.6) is 0 Å². The third kappa shape index (κ3) is 2.09. The molecule has 0 saturated carbocycles. The fraction of sp³-hybridized carbons (Fsp3) is 0.0909.